The maximum absolute atomic E-state index is 12.2. The zero-order valence-electron chi connectivity index (χ0n) is 15.1. The topological polar surface area (TPSA) is 58.5 Å². The van der Waals surface area contributed by atoms with Crippen molar-refractivity contribution in [3.63, 3.8) is 0 Å². The Morgan fingerprint density at radius 3 is 2.52 bits per heavy atom. The van der Waals surface area contributed by atoms with Crippen LogP contribution in [0.4, 0.5) is 13.2 Å². The van der Waals surface area contributed by atoms with Crippen molar-refractivity contribution >= 4 is 5.96 Å². The van der Waals surface area contributed by atoms with Gasteiger partial charge in [0, 0.05) is 19.3 Å². The predicted molar refractivity (Wildman–Crippen MR) is 98.5 cm³/mol. The summed E-state index contributed by atoms with van der Waals surface area (Å²) in [6.07, 6.45) is -3.38. The molecule has 27 heavy (non-hydrogen) atoms. The summed E-state index contributed by atoms with van der Waals surface area (Å²) in [7, 11) is 0. The maximum Gasteiger partial charge on any atom is 0.390 e. The van der Waals surface area contributed by atoms with Crippen molar-refractivity contribution in [2.45, 2.75) is 32.7 Å². The van der Waals surface area contributed by atoms with E-state index >= 15 is 0 Å². The molecule has 1 aromatic heterocycles. The lowest BCUT2D eigenvalue weighted by Gasteiger charge is -2.12. The molecular formula is C19H23F3N4O. The first kappa shape index (κ1) is 20.5. The largest absolute Gasteiger partial charge is 0.487 e. The molecule has 0 unspecified atom stereocenters. The van der Waals surface area contributed by atoms with Gasteiger partial charge in [-0.05, 0) is 36.8 Å². The second-order valence-electron chi connectivity index (χ2n) is 5.74. The van der Waals surface area contributed by atoms with Crippen LogP contribution in [-0.2, 0) is 13.2 Å². The van der Waals surface area contributed by atoms with E-state index in [0.717, 1.165) is 11.3 Å². The first-order valence-electron chi connectivity index (χ1n) is 8.67. The molecule has 0 aliphatic rings. The summed E-state index contributed by atoms with van der Waals surface area (Å²) in [6, 6.07) is 13.0. The Balaban J connectivity index is 1.84. The molecule has 0 bridgehead atoms. The molecule has 0 spiro atoms. The first-order valence-corrected chi connectivity index (χ1v) is 8.67. The molecule has 0 saturated carbocycles. The Hall–Kier alpha value is -2.77. The smallest absolute Gasteiger partial charge is 0.390 e. The number of aliphatic imine (C=N–C) groups is 1. The van der Waals surface area contributed by atoms with Crippen LogP contribution in [0.3, 0.4) is 0 Å². The highest BCUT2D eigenvalue weighted by Gasteiger charge is 2.26. The lowest BCUT2D eigenvalue weighted by Crippen LogP contribution is -2.38. The normalized spacial score (nSPS) is 11.9. The molecule has 0 aliphatic carbocycles. The van der Waals surface area contributed by atoms with Gasteiger partial charge in [0.25, 0.3) is 0 Å². The highest BCUT2D eigenvalue weighted by Crippen LogP contribution is 2.18. The zero-order chi connectivity index (χ0) is 19.5. The Kier molecular flexibility index (Phi) is 7.91. The molecule has 0 atom stereocenters. The van der Waals surface area contributed by atoms with Gasteiger partial charge in [-0.15, -0.1) is 0 Å². The standard InChI is InChI=1S/C19H23F3N4O/c1-2-23-18(25-12-10-19(20,21)22)26-13-15-6-8-17(9-7-15)27-14-16-5-3-4-11-24-16/h3-9,11H,2,10,12-14H2,1H3,(H2,23,25,26). The van der Waals surface area contributed by atoms with E-state index in [1.165, 1.54) is 0 Å². The van der Waals surface area contributed by atoms with Crippen LogP contribution >= 0.6 is 0 Å². The van der Waals surface area contributed by atoms with Gasteiger partial charge < -0.3 is 15.4 Å². The van der Waals surface area contributed by atoms with E-state index in [9.17, 15) is 13.2 Å². The van der Waals surface area contributed by atoms with E-state index in [-0.39, 0.29) is 6.54 Å². The lowest BCUT2D eigenvalue weighted by atomic mass is 10.2. The van der Waals surface area contributed by atoms with Crippen LogP contribution in [0.1, 0.15) is 24.6 Å². The van der Waals surface area contributed by atoms with Crippen LogP contribution in [0.5, 0.6) is 5.75 Å². The van der Waals surface area contributed by atoms with Gasteiger partial charge >= 0.3 is 6.18 Å². The average molecular weight is 380 g/mol. The number of nitrogens with one attached hydrogen (secondary N) is 2. The van der Waals surface area contributed by atoms with Gasteiger partial charge in [0.1, 0.15) is 12.4 Å². The summed E-state index contributed by atoms with van der Waals surface area (Å²) in [5.41, 5.74) is 1.76. The minimum absolute atomic E-state index is 0.213. The van der Waals surface area contributed by atoms with Crippen molar-refractivity contribution in [3.8, 4) is 5.75 Å². The summed E-state index contributed by atoms with van der Waals surface area (Å²) in [4.78, 5) is 8.49. The number of guanidine groups is 1. The van der Waals surface area contributed by atoms with E-state index < -0.39 is 12.6 Å². The van der Waals surface area contributed by atoms with Gasteiger partial charge in [0.2, 0.25) is 0 Å². The number of benzene rings is 1. The summed E-state index contributed by atoms with van der Waals surface area (Å²) in [5, 5.41) is 5.61. The van der Waals surface area contributed by atoms with E-state index in [4.69, 9.17) is 4.74 Å². The number of nitrogens with zero attached hydrogens (tertiary/aromatic N) is 2. The van der Waals surface area contributed by atoms with Crippen LogP contribution in [0.25, 0.3) is 0 Å². The number of pyridine rings is 1. The number of ether oxygens (including phenoxy) is 1. The van der Waals surface area contributed by atoms with Crippen molar-refractivity contribution in [1.29, 1.82) is 0 Å². The molecule has 0 amide bonds. The van der Waals surface area contributed by atoms with E-state index in [1.807, 2.05) is 49.4 Å². The van der Waals surface area contributed by atoms with E-state index in [2.05, 4.69) is 20.6 Å². The molecule has 0 fully saturated rings. The van der Waals surface area contributed by atoms with Crippen molar-refractivity contribution in [2.75, 3.05) is 13.1 Å². The Morgan fingerprint density at radius 1 is 1.11 bits per heavy atom. The summed E-state index contributed by atoms with van der Waals surface area (Å²) in [5.74, 6) is 1.07. The summed E-state index contributed by atoms with van der Waals surface area (Å²) >= 11 is 0. The second kappa shape index (κ2) is 10.4. The van der Waals surface area contributed by atoms with Crippen molar-refractivity contribution in [3.05, 3.63) is 59.9 Å². The zero-order valence-corrected chi connectivity index (χ0v) is 15.1. The molecule has 2 N–H and O–H groups in total. The Bertz CT molecular complexity index is 703. The fourth-order valence-electron chi connectivity index (χ4n) is 2.17. The molecule has 0 saturated heterocycles. The molecule has 1 heterocycles. The Morgan fingerprint density at radius 2 is 1.89 bits per heavy atom. The molecular weight excluding hydrogens is 357 g/mol. The highest BCUT2D eigenvalue weighted by atomic mass is 19.4. The van der Waals surface area contributed by atoms with Gasteiger partial charge in [0.15, 0.2) is 5.96 Å². The third-order valence-corrected chi connectivity index (χ3v) is 3.50. The average Bonchev–Trinajstić information content (AvgIpc) is 2.65. The first-order chi connectivity index (χ1) is 13.0. The fraction of sp³-hybridized carbons (Fsp3) is 0.368. The van der Waals surface area contributed by atoms with Gasteiger partial charge in [0.05, 0.1) is 18.7 Å². The number of aromatic nitrogens is 1. The third kappa shape index (κ3) is 8.44. The second-order valence-corrected chi connectivity index (χ2v) is 5.74. The van der Waals surface area contributed by atoms with Crippen LogP contribution in [0.2, 0.25) is 0 Å². The predicted octanol–water partition coefficient (Wildman–Crippen LogP) is 3.67. The monoisotopic (exact) mass is 380 g/mol. The quantitative estimate of drug-likeness (QED) is 0.542. The van der Waals surface area contributed by atoms with Gasteiger partial charge in [-0.1, -0.05) is 18.2 Å². The van der Waals surface area contributed by atoms with Crippen molar-refractivity contribution < 1.29 is 17.9 Å². The SMILES string of the molecule is CCNC(=NCc1ccc(OCc2ccccn2)cc1)NCCC(F)(F)F. The van der Waals surface area contributed by atoms with Crippen LogP contribution in [0, 0.1) is 0 Å². The number of alkyl halides is 3. The summed E-state index contributed by atoms with van der Waals surface area (Å²) in [6.45, 7) is 2.94. The molecule has 1 aromatic carbocycles. The molecule has 8 heteroatoms. The van der Waals surface area contributed by atoms with E-state index in [0.29, 0.717) is 31.4 Å². The van der Waals surface area contributed by atoms with Gasteiger partial charge in [-0.3, -0.25) is 4.98 Å². The molecule has 2 rings (SSSR count). The van der Waals surface area contributed by atoms with Crippen LogP contribution < -0.4 is 15.4 Å². The molecule has 5 nitrogen and oxygen atoms in total. The van der Waals surface area contributed by atoms with Crippen LogP contribution in [-0.4, -0.2) is 30.2 Å². The van der Waals surface area contributed by atoms with Crippen molar-refractivity contribution in [2.24, 2.45) is 4.99 Å². The Labute approximate surface area is 156 Å². The van der Waals surface area contributed by atoms with Gasteiger partial charge in [-0.2, -0.15) is 13.2 Å². The van der Waals surface area contributed by atoms with Gasteiger partial charge in [-0.25, -0.2) is 4.99 Å². The highest BCUT2D eigenvalue weighted by molar-refractivity contribution is 5.79. The van der Waals surface area contributed by atoms with Crippen LogP contribution in [0.15, 0.2) is 53.7 Å². The number of hydrogen-bond acceptors (Lipinski definition) is 3. The number of rotatable bonds is 8. The lowest BCUT2D eigenvalue weighted by molar-refractivity contribution is -0.132. The molecule has 0 aliphatic heterocycles. The van der Waals surface area contributed by atoms with Crippen molar-refractivity contribution in [1.82, 2.24) is 15.6 Å². The minimum Gasteiger partial charge on any atom is -0.487 e. The third-order valence-electron chi connectivity index (χ3n) is 3.50. The molecule has 0 radical (unpaired) electrons. The minimum atomic E-state index is -4.19. The number of halogens is 3. The molecule has 2 aromatic rings. The maximum atomic E-state index is 12.2. The van der Waals surface area contributed by atoms with E-state index in [1.54, 1.807) is 6.20 Å². The molecule has 146 valence electrons. The number of hydrogen-bond donors (Lipinski definition) is 2. The fourth-order valence-corrected chi connectivity index (χ4v) is 2.17. The summed E-state index contributed by atoms with van der Waals surface area (Å²) < 4.78 is 42.4.